The third-order valence-electron chi connectivity index (χ3n) is 11.5. The van der Waals surface area contributed by atoms with E-state index in [9.17, 15) is 19.5 Å². The van der Waals surface area contributed by atoms with Crippen molar-refractivity contribution in [1.82, 2.24) is 20.6 Å². The smallest absolute Gasteiger partial charge is 0.317 e. The highest BCUT2D eigenvalue weighted by atomic mass is 16.5. The predicted molar refractivity (Wildman–Crippen MR) is 169 cm³/mol. The minimum absolute atomic E-state index is 0.0184. The summed E-state index contributed by atoms with van der Waals surface area (Å²) in [6, 6.07) is 0.0459. The van der Waals surface area contributed by atoms with Gasteiger partial charge in [0.1, 0.15) is 5.92 Å². The first-order valence-corrected chi connectivity index (χ1v) is 16.1. The van der Waals surface area contributed by atoms with Crippen molar-refractivity contribution >= 4 is 23.8 Å². The van der Waals surface area contributed by atoms with Gasteiger partial charge < -0.3 is 30.4 Å². The van der Waals surface area contributed by atoms with Crippen LogP contribution in [0.5, 0.6) is 0 Å². The maximum absolute atomic E-state index is 14.1. The van der Waals surface area contributed by atoms with Gasteiger partial charge in [0.2, 0.25) is 0 Å². The molecule has 0 amide bonds. The Bertz CT molecular complexity index is 1560. The summed E-state index contributed by atoms with van der Waals surface area (Å²) in [4.78, 5) is 46.6. The van der Waals surface area contributed by atoms with Crippen molar-refractivity contribution in [3.8, 4) is 0 Å². The number of nitrogens with one attached hydrogen (secondary N) is 4. The Morgan fingerprint density at radius 3 is 2.39 bits per heavy atom. The van der Waals surface area contributed by atoms with E-state index in [0.717, 1.165) is 47.5 Å². The van der Waals surface area contributed by atoms with Crippen molar-refractivity contribution in [1.29, 1.82) is 0 Å². The molecule has 0 radical (unpaired) electrons. The number of carbonyl (C=O) groups excluding carboxylic acids is 2. The number of methoxy groups -OCH3 is 1. The minimum Gasteiger partial charge on any atom is -0.481 e. The SMILES string of the molecule is C=Cc1c2[nH]c(c1C)CC1NC(C(CCC(=O)O)C1C)C1c3[nH]c(c(C)c3C(=O)C1C(=O)OC)CC1NC(C2)C(C)=C1CC. The summed E-state index contributed by atoms with van der Waals surface area (Å²) in [6.07, 6.45) is 5.62. The Morgan fingerprint density at radius 1 is 1.02 bits per heavy atom. The molecule has 236 valence electrons. The molecular weight excluding hydrogens is 556 g/mol. The van der Waals surface area contributed by atoms with Crippen LogP contribution in [0.3, 0.4) is 0 Å². The number of Topliss-reactive ketones (excluding diaryl/α,β-unsaturated/α-hetero) is 1. The minimum atomic E-state index is -0.975. The standard InChI is InChI=1S/C35H46N4O5/c1-8-19-15(3)22-12-24-17(5)21(10-11-28(40)41)32(38-24)30-31(35(43)44-7)34(42)29-18(6)25(39-33(29)30)14-27-20(9-2)16(4)23(37-27)13-26(19)36-22/h8,17,21,23-24,27,30-32,36-39H,1,9-14H2,2-7H3,(H,40,41). The number of carboxylic acids is 1. The van der Waals surface area contributed by atoms with E-state index in [-0.39, 0.29) is 48.2 Å². The third-order valence-corrected chi connectivity index (χ3v) is 11.5. The second-order valence-electron chi connectivity index (χ2n) is 13.4. The van der Waals surface area contributed by atoms with Crippen molar-refractivity contribution in [3.63, 3.8) is 0 Å². The molecular formula is C35H46N4O5. The Balaban J connectivity index is 1.52. The zero-order valence-corrected chi connectivity index (χ0v) is 26.7. The van der Waals surface area contributed by atoms with Gasteiger partial charge in [-0.2, -0.15) is 0 Å². The molecule has 8 unspecified atom stereocenters. The number of hydrogen-bond donors (Lipinski definition) is 5. The van der Waals surface area contributed by atoms with Gasteiger partial charge in [0, 0.05) is 84.1 Å². The average Bonchev–Trinajstić information content (AvgIpc) is 3.72. The highest BCUT2D eigenvalue weighted by molar-refractivity contribution is 6.14. The number of carbonyl (C=O) groups is 3. The summed E-state index contributed by atoms with van der Waals surface area (Å²) in [7, 11) is 1.33. The topological polar surface area (TPSA) is 136 Å². The number of aromatic nitrogens is 2. The van der Waals surface area contributed by atoms with Gasteiger partial charge in [-0.1, -0.05) is 37.6 Å². The fourth-order valence-corrected chi connectivity index (χ4v) is 9.08. The van der Waals surface area contributed by atoms with Crippen LogP contribution in [-0.4, -0.2) is 64.1 Å². The molecule has 5 N–H and O–H groups in total. The van der Waals surface area contributed by atoms with E-state index in [4.69, 9.17) is 4.74 Å². The lowest BCUT2D eigenvalue weighted by Gasteiger charge is -2.30. The number of H-pyrrole nitrogens is 2. The number of hydrogen-bond acceptors (Lipinski definition) is 6. The second-order valence-corrected chi connectivity index (χ2v) is 13.4. The third kappa shape index (κ3) is 4.70. The number of carboxylic acid groups (broad SMARTS) is 1. The van der Waals surface area contributed by atoms with Crippen LogP contribution in [0.4, 0.5) is 0 Å². The zero-order valence-electron chi connectivity index (χ0n) is 26.7. The summed E-state index contributed by atoms with van der Waals surface area (Å²) in [5.41, 5.74) is 10.7. The Hall–Kier alpha value is -3.43. The van der Waals surface area contributed by atoms with E-state index in [1.807, 2.05) is 13.0 Å². The predicted octanol–water partition coefficient (Wildman–Crippen LogP) is 4.54. The van der Waals surface area contributed by atoms with Gasteiger partial charge in [0.15, 0.2) is 5.78 Å². The molecule has 9 heteroatoms. The van der Waals surface area contributed by atoms with Crippen LogP contribution in [0.1, 0.15) is 95.8 Å². The van der Waals surface area contributed by atoms with E-state index in [1.165, 1.54) is 29.5 Å². The molecule has 9 nitrogen and oxygen atoms in total. The van der Waals surface area contributed by atoms with Crippen molar-refractivity contribution in [3.05, 3.63) is 62.8 Å². The molecule has 2 aromatic heterocycles. The molecule has 8 bridgehead atoms. The van der Waals surface area contributed by atoms with Crippen LogP contribution in [-0.2, 0) is 33.6 Å². The van der Waals surface area contributed by atoms with Crippen molar-refractivity contribution in [2.75, 3.05) is 7.11 Å². The normalized spacial score (nSPS) is 31.1. The number of ether oxygens (including phenoxy) is 1. The molecule has 5 heterocycles. The fraction of sp³-hybridized carbons (Fsp3) is 0.571. The maximum atomic E-state index is 14.1. The fourth-order valence-electron chi connectivity index (χ4n) is 9.08. The molecule has 2 aromatic rings. The van der Waals surface area contributed by atoms with Crippen LogP contribution >= 0.6 is 0 Å². The zero-order chi connectivity index (χ0) is 31.6. The first-order valence-electron chi connectivity index (χ1n) is 16.1. The molecule has 0 aromatic carbocycles. The molecule has 6 rings (SSSR count). The second kappa shape index (κ2) is 11.5. The van der Waals surface area contributed by atoms with Gasteiger partial charge in [-0.15, -0.1) is 0 Å². The van der Waals surface area contributed by atoms with Crippen molar-refractivity contribution in [2.24, 2.45) is 17.8 Å². The summed E-state index contributed by atoms with van der Waals surface area (Å²) in [5.74, 6) is -2.99. The highest BCUT2D eigenvalue weighted by Crippen LogP contribution is 2.49. The largest absolute Gasteiger partial charge is 0.481 e. The quantitative estimate of drug-likeness (QED) is 0.186. The molecule has 8 atom stereocenters. The Kier molecular flexibility index (Phi) is 7.99. The van der Waals surface area contributed by atoms with Gasteiger partial charge in [-0.05, 0) is 62.1 Å². The van der Waals surface area contributed by atoms with E-state index in [0.29, 0.717) is 18.4 Å². The van der Waals surface area contributed by atoms with Gasteiger partial charge in [0.05, 0.1) is 7.11 Å². The lowest BCUT2D eigenvalue weighted by Crippen LogP contribution is -2.42. The summed E-state index contributed by atoms with van der Waals surface area (Å²) < 4.78 is 5.22. The molecule has 1 saturated heterocycles. The summed E-state index contributed by atoms with van der Waals surface area (Å²) in [6.45, 7) is 14.9. The van der Waals surface area contributed by atoms with Gasteiger partial charge >= 0.3 is 11.9 Å². The number of rotatable bonds is 6. The molecule has 3 aliphatic heterocycles. The van der Waals surface area contributed by atoms with Crippen molar-refractivity contribution in [2.45, 2.75) is 103 Å². The monoisotopic (exact) mass is 602 g/mol. The van der Waals surface area contributed by atoms with E-state index in [2.05, 4.69) is 54.9 Å². The lowest BCUT2D eigenvalue weighted by atomic mass is 9.76. The number of ketones is 1. The van der Waals surface area contributed by atoms with Crippen LogP contribution in [0.25, 0.3) is 6.08 Å². The maximum Gasteiger partial charge on any atom is 0.317 e. The summed E-state index contributed by atoms with van der Waals surface area (Å²) >= 11 is 0. The molecule has 44 heavy (non-hydrogen) atoms. The molecule has 1 fully saturated rings. The van der Waals surface area contributed by atoms with Gasteiger partial charge in [-0.25, -0.2) is 0 Å². The number of aliphatic carboxylic acids is 1. The molecule has 1 aliphatic carbocycles. The van der Waals surface area contributed by atoms with Gasteiger partial charge in [0.25, 0.3) is 0 Å². The van der Waals surface area contributed by atoms with Crippen LogP contribution < -0.4 is 10.6 Å². The van der Waals surface area contributed by atoms with Crippen molar-refractivity contribution < 1.29 is 24.2 Å². The lowest BCUT2D eigenvalue weighted by molar-refractivity contribution is -0.144. The molecule has 0 spiro atoms. The van der Waals surface area contributed by atoms with Crippen LogP contribution in [0.15, 0.2) is 17.7 Å². The average molecular weight is 603 g/mol. The van der Waals surface area contributed by atoms with E-state index >= 15 is 0 Å². The number of aromatic amines is 2. The first-order chi connectivity index (χ1) is 21.0. The summed E-state index contributed by atoms with van der Waals surface area (Å²) in [5, 5.41) is 17.4. The van der Waals surface area contributed by atoms with Crippen LogP contribution in [0, 0.1) is 31.6 Å². The first kappa shape index (κ1) is 30.6. The van der Waals surface area contributed by atoms with Gasteiger partial charge in [-0.3, -0.25) is 14.4 Å². The van der Waals surface area contributed by atoms with E-state index in [1.54, 1.807) is 0 Å². The molecule has 4 aliphatic rings. The number of esters is 1. The number of fused-ring (bicyclic) bond motifs is 8. The molecule has 0 saturated carbocycles. The van der Waals surface area contributed by atoms with E-state index < -0.39 is 23.8 Å². The Morgan fingerprint density at radius 2 is 1.73 bits per heavy atom. The van der Waals surface area contributed by atoms with Crippen LogP contribution in [0.2, 0.25) is 0 Å². The highest BCUT2D eigenvalue weighted by Gasteiger charge is 2.55. The Labute approximate surface area is 259 Å².